The molecule has 136 valence electrons. The highest BCUT2D eigenvalue weighted by Gasteiger charge is 2.47. The summed E-state index contributed by atoms with van der Waals surface area (Å²) < 4.78 is 0. The molecule has 0 unspecified atom stereocenters. The molecule has 0 aliphatic rings. The number of likely N-dealkylation sites (N-methyl/N-ethyl adjacent to an activating group) is 2. The molecule has 7 nitrogen and oxygen atoms in total. The lowest BCUT2D eigenvalue weighted by Crippen LogP contribution is -2.64. The molecule has 2 aromatic rings. The summed E-state index contributed by atoms with van der Waals surface area (Å²) in [4.78, 5) is 37.7. The van der Waals surface area contributed by atoms with Gasteiger partial charge in [-0.3, -0.25) is 19.6 Å². The number of nitrogens with zero attached hydrogens (tertiary/aromatic N) is 2. The van der Waals surface area contributed by atoms with Crippen molar-refractivity contribution in [3.05, 3.63) is 60.2 Å². The van der Waals surface area contributed by atoms with Gasteiger partial charge in [0, 0.05) is 19.7 Å². The predicted octanol–water partition coefficient (Wildman–Crippen LogP) is 1.52. The molecule has 2 rings (SSSR count). The van der Waals surface area contributed by atoms with Gasteiger partial charge in [-0.05, 0) is 30.2 Å². The van der Waals surface area contributed by atoms with Crippen LogP contribution in [0.4, 0.5) is 0 Å². The molecule has 0 aliphatic heterocycles. The number of carbonyl (C=O) groups is 3. The number of primary amides is 1. The standard InChI is InChI=1S/C19H21N3O4/c1-19(17(20)24,18(25)22(3)26)21(2)16(23)15-11-9-14(10-12-15)13-7-5-4-6-8-13/h4-12,26H,1-3H3,(H2,20,24)/t19-/m0/s1. The summed E-state index contributed by atoms with van der Waals surface area (Å²) >= 11 is 0. The van der Waals surface area contributed by atoms with E-state index in [2.05, 4.69) is 0 Å². The molecule has 3 N–H and O–H groups in total. The van der Waals surface area contributed by atoms with Crippen molar-refractivity contribution < 1.29 is 19.6 Å². The van der Waals surface area contributed by atoms with Crippen LogP contribution in [0.15, 0.2) is 54.6 Å². The summed E-state index contributed by atoms with van der Waals surface area (Å²) in [6.07, 6.45) is 0. The zero-order chi connectivity index (χ0) is 19.5. The lowest BCUT2D eigenvalue weighted by molar-refractivity contribution is -0.172. The van der Waals surface area contributed by atoms with Crippen LogP contribution in [0.1, 0.15) is 17.3 Å². The van der Waals surface area contributed by atoms with Crippen molar-refractivity contribution in [3.8, 4) is 11.1 Å². The number of carbonyl (C=O) groups excluding carboxylic acids is 3. The Kier molecular flexibility index (Phi) is 5.42. The van der Waals surface area contributed by atoms with E-state index in [0.717, 1.165) is 23.1 Å². The normalized spacial score (nSPS) is 12.8. The third-order valence-corrected chi connectivity index (χ3v) is 4.40. The van der Waals surface area contributed by atoms with E-state index < -0.39 is 23.3 Å². The van der Waals surface area contributed by atoms with Gasteiger partial charge in [0.1, 0.15) is 0 Å². The first-order valence-electron chi connectivity index (χ1n) is 7.90. The summed E-state index contributed by atoms with van der Waals surface area (Å²) in [6, 6.07) is 16.4. The molecule has 0 fully saturated rings. The summed E-state index contributed by atoms with van der Waals surface area (Å²) in [5.74, 6) is -2.61. The Morgan fingerprint density at radius 3 is 1.88 bits per heavy atom. The molecule has 26 heavy (non-hydrogen) atoms. The molecule has 2 aromatic carbocycles. The van der Waals surface area contributed by atoms with E-state index in [9.17, 15) is 19.6 Å². The molecule has 0 saturated heterocycles. The number of rotatable bonds is 5. The van der Waals surface area contributed by atoms with Crippen LogP contribution < -0.4 is 5.73 Å². The number of nitrogens with two attached hydrogens (primary N) is 1. The molecule has 0 saturated carbocycles. The molecule has 0 aliphatic carbocycles. The Labute approximate surface area is 151 Å². The van der Waals surface area contributed by atoms with Crippen molar-refractivity contribution in [2.45, 2.75) is 12.5 Å². The van der Waals surface area contributed by atoms with Gasteiger partial charge in [-0.1, -0.05) is 42.5 Å². The van der Waals surface area contributed by atoms with E-state index in [1.807, 2.05) is 30.3 Å². The molecule has 0 radical (unpaired) electrons. The molecule has 7 heteroatoms. The minimum absolute atomic E-state index is 0.243. The summed E-state index contributed by atoms with van der Waals surface area (Å²) in [6.45, 7) is 1.20. The Morgan fingerprint density at radius 2 is 1.42 bits per heavy atom. The third-order valence-electron chi connectivity index (χ3n) is 4.40. The van der Waals surface area contributed by atoms with Crippen LogP contribution in [-0.2, 0) is 9.59 Å². The Morgan fingerprint density at radius 1 is 0.923 bits per heavy atom. The molecule has 0 bridgehead atoms. The van der Waals surface area contributed by atoms with Crippen molar-refractivity contribution in [1.29, 1.82) is 0 Å². The highest BCUT2D eigenvalue weighted by Crippen LogP contribution is 2.22. The monoisotopic (exact) mass is 355 g/mol. The van der Waals surface area contributed by atoms with Gasteiger partial charge >= 0.3 is 0 Å². The summed E-state index contributed by atoms with van der Waals surface area (Å²) in [5.41, 5.74) is 5.53. The Balaban J connectivity index is 2.32. The van der Waals surface area contributed by atoms with Crippen LogP contribution in [0, 0.1) is 0 Å². The molecular formula is C19H21N3O4. The van der Waals surface area contributed by atoms with E-state index in [4.69, 9.17) is 5.73 Å². The fraction of sp³-hybridized carbons (Fsp3) is 0.211. The van der Waals surface area contributed by atoms with Crippen LogP contribution in [0.5, 0.6) is 0 Å². The minimum atomic E-state index is -2.02. The maximum Gasteiger partial charge on any atom is 0.281 e. The van der Waals surface area contributed by atoms with Gasteiger partial charge in [-0.15, -0.1) is 0 Å². The van der Waals surface area contributed by atoms with Crippen LogP contribution in [0.3, 0.4) is 0 Å². The van der Waals surface area contributed by atoms with Crippen molar-refractivity contribution in [2.75, 3.05) is 14.1 Å². The summed E-state index contributed by atoms with van der Waals surface area (Å²) in [5, 5.41) is 9.65. The first-order valence-corrected chi connectivity index (χ1v) is 7.90. The molecular weight excluding hydrogens is 334 g/mol. The molecule has 0 heterocycles. The number of amides is 3. The van der Waals surface area contributed by atoms with Crippen molar-refractivity contribution in [1.82, 2.24) is 9.96 Å². The van der Waals surface area contributed by atoms with Gasteiger partial charge in [-0.2, -0.15) is 0 Å². The second kappa shape index (κ2) is 7.37. The summed E-state index contributed by atoms with van der Waals surface area (Å²) in [7, 11) is 2.36. The van der Waals surface area contributed by atoms with Gasteiger partial charge in [0.05, 0.1) is 0 Å². The number of hydrogen-bond acceptors (Lipinski definition) is 4. The maximum absolute atomic E-state index is 12.7. The zero-order valence-corrected chi connectivity index (χ0v) is 14.8. The van der Waals surface area contributed by atoms with E-state index in [1.54, 1.807) is 24.3 Å². The smallest absolute Gasteiger partial charge is 0.281 e. The lowest BCUT2D eigenvalue weighted by atomic mass is 9.96. The largest absolute Gasteiger partial charge is 0.367 e. The second-order valence-corrected chi connectivity index (χ2v) is 6.07. The molecule has 3 amide bonds. The van der Waals surface area contributed by atoms with Crippen LogP contribution in [0.25, 0.3) is 11.1 Å². The number of hydrogen-bond donors (Lipinski definition) is 2. The van der Waals surface area contributed by atoms with Crippen molar-refractivity contribution in [3.63, 3.8) is 0 Å². The van der Waals surface area contributed by atoms with Crippen LogP contribution in [-0.4, -0.2) is 52.5 Å². The first kappa shape index (κ1) is 19.1. The van der Waals surface area contributed by atoms with Crippen molar-refractivity contribution >= 4 is 17.7 Å². The van der Waals surface area contributed by atoms with Gasteiger partial charge in [0.25, 0.3) is 17.7 Å². The van der Waals surface area contributed by atoms with Gasteiger partial charge in [0.15, 0.2) is 5.54 Å². The van der Waals surface area contributed by atoms with Crippen LogP contribution in [0.2, 0.25) is 0 Å². The molecule has 0 spiro atoms. The second-order valence-electron chi connectivity index (χ2n) is 6.07. The Hall–Kier alpha value is -3.19. The fourth-order valence-corrected chi connectivity index (χ4v) is 2.56. The molecule has 1 atom stereocenters. The average Bonchev–Trinajstić information content (AvgIpc) is 2.66. The SMILES string of the molecule is CN(O)C(=O)[C@](C)(C(N)=O)N(C)C(=O)c1ccc(-c2ccccc2)cc1. The van der Waals surface area contributed by atoms with E-state index >= 15 is 0 Å². The van der Waals surface area contributed by atoms with E-state index in [1.165, 1.54) is 14.0 Å². The topological polar surface area (TPSA) is 104 Å². The van der Waals surface area contributed by atoms with E-state index in [0.29, 0.717) is 0 Å². The Bertz CT molecular complexity index is 818. The third kappa shape index (κ3) is 3.43. The highest BCUT2D eigenvalue weighted by atomic mass is 16.5. The van der Waals surface area contributed by atoms with E-state index in [-0.39, 0.29) is 10.6 Å². The number of hydroxylamine groups is 2. The van der Waals surface area contributed by atoms with Gasteiger partial charge in [-0.25, -0.2) is 5.06 Å². The highest BCUT2D eigenvalue weighted by molar-refractivity contribution is 6.12. The minimum Gasteiger partial charge on any atom is -0.367 e. The quantitative estimate of drug-likeness (QED) is 0.482. The fourth-order valence-electron chi connectivity index (χ4n) is 2.56. The average molecular weight is 355 g/mol. The lowest BCUT2D eigenvalue weighted by Gasteiger charge is -2.35. The molecule has 0 aromatic heterocycles. The van der Waals surface area contributed by atoms with Crippen molar-refractivity contribution in [2.24, 2.45) is 5.73 Å². The number of benzene rings is 2. The van der Waals surface area contributed by atoms with Gasteiger partial charge < -0.3 is 10.6 Å². The van der Waals surface area contributed by atoms with Crippen LogP contribution >= 0.6 is 0 Å². The zero-order valence-electron chi connectivity index (χ0n) is 14.8. The predicted molar refractivity (Wildman–Crippen MR) is 96.1 cm³/mol. The maximum atomic E-state index is 12.7. The van der Waals surface area contributed by atoms with Gasteiger partial charge in [0.2, 0.25) is 0 Å². The first-order chi connectivity index (χ1) is 12.2.